The first kappa shape index (κ1) is 9.87. The monoisotopic (exact) mass is 220 g/mol. The third-order valence-electron chi connectivity index (χ3n) is 3.97. The first-order chi connectivity index (χ1) is 7.77. The van der Waals surface area contributed by atoms with Gasteiger partial charge < -0.3 is 9.67 Å². The maximum absolute atomic E-state index is 11.0. The predicted molar refractivity (Wildman–Crippen MR) is 58.3 cm³/mol. The lowest BCUT2D eigenvalue weighted by atomic mass is 9.79. The van der Waals surface area contributed by atoms with Gasteiger partial charge in [0.15, 0.2) is 0 Å². The number of imidazole rings is 1. The fourth-order valence-electron chi connectivity index (χ4n) is 2.88. The van der Waals surface area contributed by atoms with Crippen LogP contribution in [0.3, 0.4) is 0 Å². The Labute approximate surface area is 94.3 Å². The lowest BCUT2D eigenvalue weighted by Gasteiger charge is -2.35. The molecule has 0 aliphatic heterocycles. The number of aryl methyl sites for hydroxylation is 1. The fourth-order valence-corrected chi connectivity index (χ4v) is 2.88. The summed E-state index contributed by atoms with van der Waals surface area (Å²) in [5.41, 5.74) is 2.49. The second-order valence-corrected chi connectivity index (χ2v) is 4.84. The number of fused-ring (bicyclic) bond motifs is 1. The Balaban J connectivity index is 1.89. The summed E-state index contributed by atoms with van der Waals surface area (Å²) in [5.74, 6) is -0.852. The van der Waals surface area contributed by atoms with Crippen molar-refractivity contribution < 1.29 is 9.90 Å². The standard InChI is InChI=1S/C12H16N2O2/c15-12(16)8-5-6-10(8)14-7-13-9-3-1-2-4-11(9)14/h7-8,10H,1-6H2,(H,15,16). The molecule has 2 unspecified atom stereocenters. The smallest absolute Gasteiger partial charge is 0.308 e. The zero-order chi connectivity index (χ0) is 11.1. The highest BCUT2D eigenvalue weighted by molar-refractivity contribution is 5.71. The highest BCUT2D eigenvalue weighted by Crippen LogP contribution is 2.40. The van der Waals surface area contributed by atoms with Crippen LogP contribution in [0.4, 0.5) is 0 Å². The molecule has 0 spiro atoms. The second-order valence-electron chi connectivity index (χ2n) is 4.84. The number of carbonyl (C=O) groups is 1. The molecule has 3 rings (SSSR count). The van der Waals surface area contributed by atoms with Crippen LogP contribution in [0, 0.1) is 5.92 Å². The number of rotatable bonds is 2. The summed E-state index contributed by atoms with van der Waals surface area (Å²) >= 11 is 0. The molecule has 2 atom stereocenters. The number of aliphatic carboxylic acids is 1. The molecule has 0 amide bonds. The van der Waals surface area contributed by atoms with Crippen LogP contribution in [0.25, 0.3) is 0 Å². The van der Waals surface area contributed by atoms with Crippen LogP contribution in [-0.4, -0.2) is 20.6 Å². The Morgan fingerprint density at radius 2 is 2.19 bits per heavy atom. The Kier molecular flexibility index (Phi) is 2.23. The minimum absolute atomic E-state index is 0.159. The van der Waals surface area contributed by atoms with Gasteiger partial charge in [0.2, 0.25) is 0 Å². The van der Waals surface area contributed by atoms with E-state index in [0.29, 0.717) is 0 Å². The van der Waals surface area contributed by atoms with Gasteiger partial charge in [-0.25, -0.2) is 4.98 Å². The van der Waals surface area contributed by atoms with Crippen molar-refractivity contribution in [2.75, 3.05) is 0 Å². The predicted octanol–water partition coefficient (Wildman–Crippen LogP) is 1.80. The van der Waals surface area contributed by atoms with E-state index < -0.39 is 5.97 Å². The van der Waals surface area contributed by atoms with Crippen LogP contribution < -0.4 is 0 Å². The SMILES string of the molecule is O=C(O)C1CCC1n1cnc2c1CCCC2. The van der Waals surface area contributed by atoms with Crippen molar-refractivity contribution in [3.8, 4) is 0 Å². The molecule has 0 bridgehead atoms. The summed E-state index contributed by atoms with van der Waals surface area (Å²) in [5, 5.41) is 9.07. The van der Waals surface area contributed by atoms with E-state index in [2.05, 4.69) is 9.55 Å². The number of nitrogens with zero attached hydrogens (tertiary/aromatic N) is 2. The molecule has 1 N–H and O–H groups in total. The largest absolute Gasteiger partial charge is 0.481 e. The number of aromatic nitrogens is 2. The summed E-state index contributed by atoms with van der Waals surface area (Å²) in [7, 11) is 0. The van der Waals surface area contributed by atoms with Gasteiger partial charge in [0.05, 0.1) is 17.9 Å². The van der Waals surface area contributed by atoms with Gasteiger partial charge in [-0.2, -0.15) is 0 Å². The molecule has 16 heavy (non-hydrogen) atoms. The van der Waals surface area contributed by atoms with Crippen molar-refractivity contribution in [3.63, 3.8) is 0 Å². The van der Waals surface area contributed by atoms with Crippen LogP contribution in [0.15, 0.2) is 6.33 Å². The van der Waals surface area contributed by atoms with Crippen LogP contribution in [0.2, 0.25) is 0 Å². The van der Waals surface area contributed by atoms with Crippen LogP contribution in [0.5, 0.6) is 0 Å². The molecule has 0 saturated heterocycles. The lowest BCUT2D eigenvalue weighted by molar-refractivity contribution is -0.147. The molecule has 1 fully saturated rings. The molecule has 1 aromatic heterocycles. The Morgan fingerprint density at radius 3 is 2.88 bits per heavy atom. The maximum atomic E-state index is 11.0. The average molecular weight is 220 g/mol. The molecule has 86 valence electrons. The first-order valence-corrected chi connectivity index (χ1v) is 6.05. The molecule has 4 nitrogen and oxygen atoms in total. The molecule has 0 radical (unpaired) electrons. The highest BCUT2D eigenvalue weighted by atomic mass is 16.4. The molecule has 2 aliphatic rings. The lowest BCUT2D eigenvalue weighted by Crippen LogP contribution is -2.35. The molecule has 2 aliphatic carbocycles. The number of carboxylic acids is 1. The number of carboxylic acid groups (broad SMARTS) is 1. The van der Waals surface area contributed by atoms with Crippen LogP contribution in [0.1, 0.15) is 43.1 Å². The molecule has 4 heteroatoms. The van der Waals surface area contributed by atoms with Gasteiger partial charge in [0.1, 0.15) is 0 Å². The van der Waals surface area contributed by atoms with E-state index in [1.165, 1.54) is 24.2 Å². The second kappa shape index (κ2) is 3.61. The van der Waals surface area contributed by atoms with E-state index in [9.17, 15) is 4.79 Å². The third-order valence-corrected chi connectivity index (χ3v) is 3.97. The molecule has 1 aromatic rings. The number of hydrogen-bond donors (Lipinski definition) is 1. The summed E-state index contributed by atoms with van der Waals surface area (Å²) in [6.45, 7) is 0. The van der Waals surface area contributed by atoms with Gasteiger partial charge in [-0.1, -0.05) is 0 Å². The van der Waals surface area contributed by atoms with Crippen molar-refractivity contribution in [2.24, 2.45) is 5.92 Å². The molecular formula is C12H16N2O2. The Morgan fingerprint density at radius 1 is 1.38 bits per heavy atom. The zero-order valence-corrected chi connectivity index (χ0v) is 9.22. The van der Waals surface area contributed by atoms with Gasteiger partial charge in [-0.05, 0) is 38.5 Å². The minimum atomic E-state index is -0.658. The van der Waals surface area contributed by atoms with E-state index in [1.54, 1.807) is 0 Å². The van der Waals surface area contributed by atoms with Crippen molar-refractivity contribution in [1.29, 1.82) is 0 Å². The number of hydrogen-bond acceptors (Lipinski definition) is 2. The van der Waals surface area contributed by atoms with E-state index in [1.807, 2.05) is 6.33 Å². The van der Waals surface area contributed by atoms with Gasteiger partial charge in [-0.15, -0.1) is 0 Å². The third kappa shape index (κ3) is 1.36. The average Bonchev–Trinajstić information content (AvgIpc) is 2.60. The summed E-state index contributed by atoms with van der Waals surface area (Å²) in [6, 6.07) is 0.159. The van der Waals surface area contributed by atoms with Gasteiger partial charge >= 0.3 is 5.97 Å². The van der Waals surface area contributed by atoms with Crippen molar-refractivity contribution in [3.05, 3.63) is 17.7 Å². The van der Waals surface area contributed by atoms with E-state index in [0.717, 1.165) is 25.7 Å². The summed E-state index contributed by atoms with van der Waals surface area (Å²) in [4.78, 5) is 15.4. The zero-order valence-electron chi connectivity index (χ0n) is 9.22. The normalized spacial score (nSPS) is 28.2. The Hall–Kier alpha value is -1.32. The van der Waals surface area contributed by atoms with E-state index in [4.69, 9.17) is 5.11 Å². The van der Waals surface area contributed by atoms with Crippen LogP contribution >= 0.6 is 0 Å². The first-order valence-electron chi connectivity index (χ1n) is 6.05. The quantitative estimate of drug-likeness (QED) is 0.826. The maximum Gasteiger partial charge on any atom is 0.308 e. The van der Waals surface area contributed by atoms with Gasteiger partial charge in [0, 0.05) is 11.7 Å². The topological polar surface area (TPSA) is 55.1 Å². The fraction of sp³-hybridized carbons (Fsp3) is 0.667. The van der Waals surface area contributed by atoms with Crippen molar-refractivity contribution in [1.82, 2.24) is 9.55 Å². The highest BCUT2D eigenvalue weighted by Gasteiger charge is 2.39. The van der Waals surface area contributed by atoms with Gasteiger partial charge in [-0.3, -0.25) is 4.79 Å². The Bertz CT molecular complexity index is 425. The minimum Gasteiger partial charge on any atom is -0.481 e. The van der Waals surface area contributed by atoms with E-state index in [-0.39, 0.29) is 12.0 Å². The summed E-state index contributed by atoms with van der Waals surface area (Å²) < 4.78 is 2.14. The van der Waals surface area contributed by atoms with Gasteiger partial charge in [0.25, 0.3) is 0 Å². The molecule has 0 aromatic carbocycles. The molecule has 1 saturated carbocycles. The molecular weight excluding hydrogens is 204 g/mol. The summed E-state index contributed by atoms with van der Waals surface area (Å²) in [6.07, 6.45) is 8.22. The van der Waals surface area contributed by atoms with E-state index >= 15 is 0 Å². The van der Waals surface area contributed by atoms with Crippen molar-refractivity contribution >= 4 is 5.97 Å². The molecule has 1 heterocycles. The van der Waals surface area contributed by atoms with Crippen molar-refractivity contribution in [2.45, 2.75) is 44.6 Å². The van der Waals surface area contributed by atoms with Crippen LogP contribution in [-0.2, 0) is 17.6 Å².